The summed E-state index contributed by atoms with van der Waals surface area (Å²) < 4.78 is 5.60. The number of ether oxygens (including phenoxy) is 1. The maximum atomic E-state index is 5.60. The molecule has 1 aromatic rings. The third-order valence-electron chi connectivity index (χ3n) is 3.40. The Bertz CT molecular complexity index is 431. The molecule has 19 heavy (non-hydrogen) atoms. The second kappa shape index (κ2) is 6.44. The van der Waals surface area contributed by atoms with Crippen molar-refractivity contribution in [2.24, 2.45) is 10.9 Å². The van der Waals surface area contributed by atoms with Gasteiger partial charge in [-0.3, -0.25) is 4.99 Å². The van der Waals surface area contributed by atoms with E-state index in [9.17, 15) is 0 Å². The van der Waals surface area contributed by atoms with Gasteiger partial charge in [0.25, 0.3) is 0 Å². The van der Waals surface area contributed by atoms with Gasteiger partial charge in [-0.05, 0) is 24.3 Å². The van der Waals surface area contributed by atoms with Crippen LogP contribution in [0.15, 0.2) is 35.3 Å². The molecule has 0 aromatic heterocycles. The zero-order valence-electron chi connectivity index (χ0n) is 11.0. The Morgan fingerprint density at radius 3 is 2.89 bits per heavy atom. The summed E-state index contributed by atoms with van der Waals surface area (Å²) in [5.74, 6) is 0.848. The quantitative estimate of drug-likeness (QED) is 0.811. The van der Waals surface area contributed by atoms with Crippen molar-refractivity contribution in [2.45, 2.75) is 18.1 Å². The van der Waals surface area contributed by atoms with E-state index in [1.165, 1.54) is 18.4 Å². The maximum absolute atomic E-state index is 5.60. The molecular formula is C15H20N2OS. The highest BCUT2D eigenvalue weighted by Gasteiger charge is 2.22. The van der Waals surface area contributed by atoms with Gasteiger partial charge < -0.3 is 10.1 Å². The van der Waals surface area contributed by atoms with Gasteiger partial charge in [-0.25, -0.2) is 0 Å². The van der Waals surface area contributed by atoms with Gasteiger partial charge >= 0.3 is 0 Å². The lowest BCUT2D eigenvalue weighted by atomic mass is 10.1. The summed E-state index contributed by atoms with van der Waals surface area (Å²) in [7, 11) is 0. The van der Waals surface area contributed by atoms with E-state index in [1.807, 2.05) is 11.8 Å². The Balaban J connectivity index is 1.34. The van der Waals surface area contributed by atoms with E-state index in [2.05, 4.69) is 40.6 Å². The van der Waals surface area contributed by atoms with Crippen molar-refractivity contribution in [1.29, 1.82) is 0 Å². The number of aliphatic imine (C=N–C) groups is 1. The van der Waals surface area contributed by atoms with Crippen molar-refractivity contribution in [3.8, 4) is 0 Å². The molecule has 1 heterocycles. The fraction of sp³-hybridized carbons (Fsp3) is 0.533. The van der Waals surface area contributed by atoms with E-state index in [0.717, 1.165) is 37.4 Å². The van der Waals surface area contributed by atoms with Gasteiger partial charge in [0.2, 0.25) is 0 Å². The highest BCUT2D eigenvalue weighted by atomic mass is 32.2. The summed E-state index contributed by atoms with van der Waals surface area (Å²) >= 11 is 1.82. The number of benzene rings is 1. The molecule has 1 aliphatic heterocycles. The summed E-state index contributed by atoms with van der Waals surface area (Å²) in [6.45, 7) is 3.46. The number of hydrogen-bond acceptors (Lipinski definition) is 4. The minimum Gasteiger partial charge on any atom is -0.379 e. The average Bonchev–Trinajstić information content (AvgIpc) is 3.16. The zero-order valence-corrected chi connectivity index (χ0v) is 11.9. The molecule has 1 saturated carbocycles. The van der Waals surface area contributed by atoms with E-state index in [1.54, 1.807) is 0 Å². The van der Waals surface area contributed by atoms with Crippen molar-refractivity contribution < 1.29 is 4.74 Å². The van der Waals surface area contributed by atoms with Crippen LogP contribution in [-0.4, -0.2) is 31.5 Å². The molecular weight excluding hydrogens is 256 g/mol. The van der Waals surface area contributed by atoms with Gasteiger partial charge in [-0.1, -0.05) is 42.1 Å². The van der Waals surface area contributed by atoms with Gasteiger partial charge in [0, 0.05) is 13.2 Å². The van der Waals surface area contributed by atoms with Crippen LogP contribution in [0, 0.1) is 5.92 Å². The smallest absolute Gasteiger partial charge is 0.157 e. The Morgan fingerprint density at radius 1 is 1.26 bits per heavy atom. The second-order valence-electron chi connectivity index (χ2n) is 5.11. The van der Waals surface area contributed by atoms with Crippen molar-refractivity contribution in [3.63, 3.8) is 0 Å². The number of nitrogens with one attached hydrogen (secondary N) is 1. The third-order valence-corrected chi connectivity index (χ3v) is 4.60. The summed E-state index contributed by atoms with van der Waals surface area (Å²) in [5, 5.41) is 4.89. The molecule has 102 valence electrons. The lowest BCUT2D eigenvalue weighted by Gasteiger charge is -2.09. The van der Waals surface area contributed by atoms with Gasteiger partial charge in [0.1, 0.15) is 0 Å². The molecule has 1 N–H and O–H groups in total. The summed E-state index contributed by atoms with van der Waals surface area (Å²) in [5.41, 5.74) is 1.36. The van der Waals surface area contributed by atoms with E-state index in [-0.39, 0.29) is 0 Å². The normalized spacial score (nSPS) is 22.3. The monoisotopic (exact) mass is 276 g/mol. The highest BCUT2D eigenvalue weighted by molar-refractivity contribution is 8.14. The molecule has 0 bridgehead atoms. The number of nitrogens with zero attached hydrogens (tertiary/aromatic N) is 1. The molecule has 3 rings (SSSR count). The first-order valence-electron chi connectivity index (χ1n) is 6.99. The molecule has 1 unspecified atom stereocenters. The predicted molar refractivity (Wildman–Crippen MR) is 80.6 cm³/mol. The van der Waals surface area contributed by atoms with Crippen LogP contribution in [-0.2, 0) is 4.74 Å². The van der Waals surface area contributed by atoms with Crippen LogP contribution in [0.5, 0.6) is 0 Å². The summed E-state index contributed by atoms with van der Waals surface area (Å²) in [4.78, 5) is 4.55. The van der Waals surface area contributed by atoms with Gasteiger partial charge in [0.15, 0.2) is 5.17 Å². The summed E-state index contributed by atoms with van der Waals surface area (Å²) in [6.07, 6.45) is 2.71. The van der Waals surface area contributed by atoms with Crippen LogP contribution < -0.4 is 5.32 Å². The summed E-state index contributed by atoms with van der Waals surface area (Å²) in [6, 6.07) is 10.6. The maximum Gasteiger partial charge on any atom is 0.157 e. The van der Waals surface area contributed by atoms with E-state index in [4.69, 9.17) is 4.74 Å². The van der Waals surface area contributed by atoms with E-state index >= 15 is 0 Å². The van der Waals surface area contributed by atoms with Crippen LogP contribution >= 0.6 is 11.8 Å². The van der Waals surface area contributed by atoms with Gasteiger partial charge in [-0.2, -0.15) is 0 Å². The van der Waals surface area contributed by atoms with E-state index in [0.29, 0.717) is 5.25 Å². The van der Waals surface area contributed by atoms with Crippen LogP contribution in [0.1, 0.15) is 23.7 Å². The van der Waals surface area contributed by atoms with Crippen LogP contribution in [0.3, 0.4) is 0 Å². The molecule has 0 radical (unpaired) electrons. The van der Waals surface area contributed by atoms with Crippen LogP contribution in [0.25, 0.3) is 0 Å². The molecule has 3 nitrogen and oxygen atoms in total. The molecule has 4 heteroatoms. The lowest BCUT2D eigenvalue weighted by Crippen LogP contribution is -2.24. The minimum atomic E-state index is 0.469. The Hall–Kier alpha value is -1.00. The molecule has 0 spiro atoms. The van der Waals surface area contributed by atoms with Crippen LogP contribution in [0.4, 0.5) is 0 Å². The second-order valence-corrected chi connectivity index (χ2v) is 6.30. The lowest BCUT2D eigenvalue weighted by molar-refractivity contribution is 0.129. The Morgan fingerprint density at radius 2 is 2.11 bits per heavy atom. The highest BCUT2D eigenvalue weighted by Crippen LogP contribution is 2.34. The average molecular weight is 276 g/mol. The van der Waals surface area contributed by atoms with Gasteiger partial charge in [-0.15, -0.1) is 0 Å². The Kier molecular flexibility index (Phi) is 4.41. The first-order valence-corrected chi connectivity index (χ1v) is 7.87. The van der Waals surface area contributed by atoms with Crippen molar-refractivity contribution in [1.82, 2.24) is 5.32 Å². The molecule has 1 fully saturated rings. The van der Waals surface area contributed by atoms with Gasteiger partial charge in [0.05, 0.1) is 18.4 Å². The van der Waals surface area contributed by atoms with Crippen molar-refractivity contribution >= 4 is 16.9 Å². The van der Waals surface area contributed by atoms with Crippen molar-refractivity contribution in [3.05, 3.63) is 35.9 Å². The SMILES string of the molecule is c1ccc(C2CN=C(NCCOCC3CC3)S2)cc1. The fourth-order valence-electron chi connectivity index (χ4n) is 2.08. The number of amidine groups is 1. The third kappa shape index (κ3) is 3.98. The number of thioether (sulfide) groups is 1. The van der Waals surface area contributed by atoms with E-state index < -0.39 is 0 Å². The molecule has 1 aliphatic carbocycles. The first kappa shape index (κ1) is 13.0. The Labute approximate surface area is 118 Å². The van der Waals surface area contributed by atoms with Crippen molar-refractivity contribution in [2.75, 3.05) is 26.3 Å². The zero-order chi connectivity index (χ0) is 12.9. The molecule has 1 aromatic carbocycles. The number of hydrogen-bond donors (Lipinski definition) is 1. The molecule has 0 saturated heterocycles. The first-order chi connectivity index (χ1) is 9.42. The number of rotatable bonds is 6. The topological polar surface area (TPSA) is 33.6 Å². The minimum absolute atomic E-state index is 0.469. The molecule has 2 aliphatic rings. The standard InChI is InChI=1S/C15H20N2OS/c1-2-4-13(5-3-1)14-10-17-15(19-14)16-8-9-18-11-12-6-7-12/h1-5,12,14H,6-11H2,(H,16,17). The fourth-order valence-corrected chi connectivity index (χ4v) is 3.12. The molecule has 1 atom stereocenters. The largest absolute Gasteiger partial charge is 0.379 e. The molecule has 0 amide bonds. The predicted octanol–water partition coefficient (Wildman–Crippen LogP) is 2.85. The van der Waals surface area contributed by atoms with Crippen LogP contribution in [0.2, 0.25) is 0 Å².